The van der Waals surface area contributed by atoms with Crippen LogP contribution in [0.1, 0.15) is 38.1 Å². The maximum absolute atomic E-state index is 12.6. The number of thioether (sulfide) groups is 2. The van der Waals surface area contributed by atoms with Crippen molar-refractivity contribution in [2.75, 3.05) is 37.7 Å². The number of aromatic amines is 2. The number of hydrogen-bond acceptors (Lipinski definition) is 8. The number of nitrogens with zero attached hydrogens (tertiary/aromatic N) is 4. The summed E-state index contributed by atoms with van der Waals surface area (Å²) in [6.45, 7) is 5.86. The lowest BCUT2D eigenvalue weighted by atomic mass is 10.2. The molecule has 2 aromatic rings. The molecule has 1 fully saturated rings. The number of aryl methyl sites for hydroxylation is 2. The molecule has 3 heterocycles. The number of aromatic nitrogens is 4. The molecule has 0 aliphatic carbocycles. The number of H-pyrrole nitrogens is 2. The summed E-state index contributed by atoms with van der Waals surface area (Å²) in [7, 11) is 0. The zero-order valence-electron chi connectivity index (χ0n) is 19.5. The third-order valence-corrected chi connectivity index (χ3v) is 6.92. The fourth-order valence-corrected chi connectivity index (χ4v) is 5.11. The molecule has 0 aromatic carbocycles. The molecule has 34 heavy (non-hydrogen) atoms. The molecule has 0 bridgehead atoms. The molecule has 184 valence electrons. The van der Waals surface area contributed by atoms with Gasteiger partial charge in [0.25, 0.3) is 11.1 Å². The summed E-state index contributed by atoms with van der Waals surface area (Å²) in [6.07, 6.45) is 3.22. The van der Waals surface area contributed by atoms with Gasteiger partial charge in [-0.3, -0.25) is 19.2 Å². The van der Waals surface area contributed by atoms with Crippen LogP contribution in [0.5, 0.6) is 0 Å². The van der Waals surface area contributed by atoms with Gasteiger partial charge in [0.2, 0.25) is 11.8 Å². The van der Waals surface area contributed by atoms with E-state index < -0.39 is 0 Å². The Morgan fingerprint density at radius 2 is 1.18 bits per heavy atom. The Bertz CT molecular complexity index is 1020. The number of rotatable bonds is 10. The van der Waals surface area contributed by atoms with Crippen LogP contribution in [0, 0.1) is 0 Å². The number of carbonyl (C=O) groups is 2. The second-order valence-electron chi connectivity index (χ2n) is 7.92. The molecule has 3 rings (SSSR count). The zero-order valence-corrected chi connectivity index (χ0v) is 21.1. The molecule has 0 saturated carbocycles. The van der Waals surface area contributed by atoms with Crippen molar-refractivity contribution in [3.05, 3.63) is 44.2 Å². The van der Waals surface area contributed by atoms with Crippen LogP contribution >= 0.6 is 23.5 Å². The van der Waals surface area contributed by atoms with Gasteiger partial charge in [0.15, 0.2) is 10.3 Å². The first-order valence-electron chi connectivity index (χ1n) is 11.4. The van der Waals surface area contributed by atoms with E-state index in [2.05, 4.69) is 19.9 Å². The van der Waals surface area contributed by atoms with Crippen molar-refractivity contribution >= 4 is 35.3 Å². The summed E-state index contributed by atoms with van der Waals surface area (Å²) in [6, 6.07) is 2.97. The van der Waals surface area contributed by atoms with Gasteiger partial charge in [-0.05, 0) is 12.8 Å². The molecular formula is C22H30N6O4S2. The van der Waals surface area contributed by atoms with E-state index in [0.717, 1.165) is 37.1 Å². The Morgan fingerprint density at radius 3 is 1.53 bits per heavy atom. The van der Waals surface area contributed by atoms with E-state index in [9.17, 15) is 19.2 Å². The molecule has 1 aliphatic rings. The Balaban J connectivity index is 1.44. The van der Waals surface area contributed by atoms with E-state index in [1.165, 1.54) is 35.7 Å². The second kappa shape index (κ2) is 12.7. The summed E-state index contributed by atoms with van der Waals surface area (Å²) in [5, 5.41) is 0.898. The maximum Gasteiger partial charge on any atom is 0.251 e. The predicted molar refractivity (Wildman–Crippen MR) is 132 cm³/mol. The maximum atomic E-state index is 12.6. The average molecular weight is 507 g/mol. The monoisotopic (exact) mass is 506 g/mol. The van der Waals surface area contributed by atoms with Gasteiger partial charge >= 0.3 is 0 Å². The highest BCUT2D eigenvalue weighted by atomic mass is 32.2. The summed E-state index contributed by atoms with van der Waals surface area (Å²) in [4.78, 5) is 66.4. The van der Waals surface area contributed by atoms with Crippen LogP contribution in [-0.2, 0) is 22.4 Å². The first-order chi connectivity index (χ1) is 16.4. The number of amides is 2. The van der Waals surface area contributed by atoms with Gasteiger partial charge in [-0.15, -0.1) is 0 Å². The van der Waals surface area contributed by atoms with Crippen molar-refractivity contribution in [1.29, 1.82) is 0 Å². The minimum atomic E-state index is -0.213. The van der Waals surface area contributed by atoms with Gasteiger partial charge in [-0.1, -0.05) is 50.2 Å². The summed E-state index contributed by atoms with van der Waals surface area (Å²) in [5.41, 5.74) is 1.02. The van der Waals surface area contributed by atoms with E-state index in [0.29, 0.717) is 36.5 Å². The molecule has 10 nitrogen and oxygen atoms in total. The van der Waals surface area contributed by atoms with Crippen molar-refractivity contribution in [3.8, 4) is 0 Å². The first kappa shape index (κ1) is 26.0. The topological polar surface area (TPSA) is 132 Å². The van der Waals surface area contributed by atoms with E-state index in [-0.39, 0.29) is 34.4 Å². The van der Waals surface area contributed by atoms with Gasteiger partial charge in [-0.2, -0.15) is 0 Å². The highest BCUT2D eigenvalue weighted by molar-refractivity contribution is 8.00. The quantitative estimate of drug-likeness (QED) is 0.364. The number of piperazine rings is 1. The SMILES string of the molecule is CCCc1cc(=O)[nH]c(SCC(=O)N2CCN(C(=O)CSc3nc(CCC)cc(=O)[nH]3)CC2)n1. The van der Waals surface area contributed by atoms with Crippen LogP contribution in [0.25, 0.3) is 0 Å². The van der Waals surface area contributed by atoms with Crippen LogP contribution < -0.4 is 11.1 Å². The number of nitrogens with one attached hydrogen (secondary N) is 2. The van der Waals surface area contributed by atoms with Crippen molar-refractivity contribution < 1.29 is 9.59 Å². The van der Waals surface area contributed by atoms with Crippen molar-refractivity contribution in [2.24, 2.45) is 0 Å². The number of carbonyl (C=O) groups excluding carboxylic acids is 2. The molecular weight excluding hydrogens is 476 g/mol. The van der Waals surface area contributed by atoms with E-state index in [4.69, 9.17) is 0 Å². The van der Waals surface area contributed by atoms with Gasteiger partial charge in [0.1, 0.15) is 0 Å². The molecule has 0 spiro atoms. The largest absolute Gasteiger partial charge is 0.338 e. The Kier molecular flexibility index (Phi) is 9.75. The van der Waals surface area contributed by atoms with Crippen LogP contribution in [-0.4, -0.2) is 79.2 Å². The molecule has 12 heteroatoms. The Labute approximate surface area is 206 Å². The second-order valence-corrected chi connectivity index (χ2v) is 9.85. The smallest absolute Gasteiger partial charge is 0.251 e. The highest BCUT2D eigenvalue weighted by Crippen LogP contribution is 2.16. The molecule has 0 radical (unpaired) electrons. The lowest BCUT2D eigenvalue weighted by Crippen LogP contribution is -2.51. The fraction of sp³-hybridized carbons (Fsp3) is 0.545. The summed E-state index contributed by atoms with van der Waals surface area (Å²) >= 11 is 2.43. The molecule has 0 unspecified atom stereocenters. The summed E-state index contributed by atoms with van der Waals surface area (Å²) < 4.78 is 0. The third-order valence-electron chi connectivity index (χ3n) is 5.21. The number of hydrogen-bond donors (Lipinski definition) is 2. The molecule has 2 N–H and O–H groups in total. The van der Waals surface area contributed by atoms with Crippen molar-refractivity contribution in [1.82, 2.24) is 29.7 Å². The van der Waals surface area contributed by atoms with Crippen LogP contribution in [0.15, 0.2) is 32.0 Å². The van der Waals surface area contributed by atoms with E-state index in [1.54, 1.807) is 9.80 Å². The highest BCUT2D eigenvalue weighted by Gasteiger charge is 2.24. The fourth-order valence-electron chi connectivity index (χ4n) is 3.52. The third kappa shape index (κ3) is 7.73. The predicted octanol–water partition coefficient (Wildman–Crippen LogP) is 1.31. The van der Waals surface area contributed by atoms with Gasteiger partial charge < -0.3 is 19.8 Å². The normalized spacial score (nSPS) is 13.8. The Hall–Kier alpha value is -2.60. The minimum absolute atomic E-state index is 0.0514. The lowest BCUT2D eigenvalue weighted by Gasteiger charge is -2.34. The van der Waals surface area contributed by atoms with Gasteiger partial charge in [0.05, 0.1) is 11.5 Å². The van der Waals surface area contributed by atoms with Crippen LogP contribution in [0.3, 0.4) is 0 Å². The van der Waals surface area contributed by atoms with Gasteiger partial charge in [-0.25, -0.2) is 9.97 Å². The molecule has 1 saturated heterocycles. The average Bonchev–Trinajstić information content (AvgIpc) is 2.81. The van der Waals surface area contributed by atoms with E-state index >= 15 is 0 Å². The Morgan fingerprint density at radius 1 is 0.794 bits per heavy atom. The van der Waals surface area contributed by atoms with Gasteiger partial charge in [0, 0.05) is 49.7 Å². The van der Waals surface area contributed by atoms with Crippen LogP contribution in [0.2, 0.25) is 0 Å². The van der Waals surface area contributed by atoms with Crippen molar-refractivity contribution in [3.63, 3.8) is 0 Å². The zero-order chi connectivity index (χ0) is 24.5. The first-order valence-corrected chi connectivity index (χ1v) is 13.4. The minimum Gasteiger partial charge on any atom is -0.338 e. The van der Waals surface area contributed by atoms with Crippen molar-refractivity contribution in [2.45, 2.75) is 49.8 Å². The van der Waals surface area contributed by atoms with E-state index in [1.807, 2.05) is 13.8 Å². The van der Waals surface area contributed by atoms with Crippen LogP contribution in [0.4, 0.5) is 0 Å². The summed E-state index contributed by atoms with van der Waals surface area (Å²) in [5.74, 6) is 0.249. The lowest BCUT2D eigenvalue weighted by molar-refractivity contribution is -0.136. The molecule has 1 aliphatic heterocycles. The standard InChI is InChI=1S/C22H30N6O4S2/c1-3-5-15-11-17(29)25-21(23-15)33-13-19(31)27-7-9-28(10-8-27)20(32)14-34-22-24-16(6-4-2)12-18(30)26-22/h11-12H,3-10,13-14H2,1-2H3,(H,23,25,29)(H,24,26,30). The molecule has 2 amide bonds. The molecule has 2 aromatic heterocycles. The molecule has 0 atom stereocenters.